The Balaban J connectivity index is 2.06. The summed E-state index contributed by atoms with van der Waals surface area (Å²) in [5, 5.41) is 8.14. The summed E-state index contributed by atoms with van der Waals surface area (Å²) in [6, 6.07) is 4.83. The van der Waals surface area contributed by atoms with E-state index in [1.54, 1.807) is 25.1 Å². The first-order valence-corrected chi connectivity index (χ1v) is 7.66. The Kier molecular flexibility index (Phi) is 5.45. The van der Waals surface area contributed by atoms with E-state index in [9.17, 15) is 14.4 Å². The van der Waals surface area contributed by atoms with Gasteiger partial charge in [-0.05, 0) is 25.1 Å². The average Bonchev–Trinajstić information content (AvgIpc) is 2.50. The molecule has 3 N–H and O–H groups in total. The number of anilines is 1. The van der Waals surface area contributed by atoms with Gasteiger partial charge in [0, 0.05) is 5.69 Å². The number of hydrogen-bond donors (Lipinski definition) is 3. The van der Waals surface area contributed by atoms with Gasteiger partial charge in [-0.2, -0.15) is 5.10 Å². The van der Waals surface area contributed by atoms with Crippen molar-refractivity contribution >= 4 is 35.0 Å². The molecule has 10 heteroatoms. The molecule has 0 aliphatic heterocycles. The van der Waals surface area contributed by atoms with Crippen molar-refractivity contribution < 1.29 is 9.53 Å². The molecule has 0 aliphatic carbocycles. The van der Waals surface area contributed by atoms with Gasteiger partial charge in [0.1, 0.15) is 5.75 Å². The fourth-order valence-corrected chi connectivity index (χ4v) is 2.64. The van der Waals surface area contributed by atoms with Crippen molar-refractivity contribution in [3.63, 3.8) is 0 Å². The predicted octanol–water partition coefficient (Wildman–Crippen LogP) is 1.24. The Labute approximate surface area is 139 Å². The summed E-state index contributed by atoms with van der Waals surface area (Å²) in [5.41, 5.74) is -0.855. The third-order valence-electron chi connectivity index (χ3n) is 2.76. The smallest absolute Gasteiger partial charge is 0.342 e. The molecular formula is C13H13ClN4O4S. The van der Waals surface area contributed by atoms with Crippen molar-refractivity contribution in [2.45, 2.75) is 17.2 Å². The molecular weight excluding hydrogens is 344 g/mol. The normalized spacial score (nSPS) is 11.8. The minimum absolute atomic E-state index is 0.0000123. The highest BCUT2D eigenvalue weighted by molar-refractivity contribution is 8.00. The van der Waals surface area contributed by atoms with Crippen molar-refractivity contribution in [2.24, 2.45) is 0 Å². The lowest BCUT2D eigenvalue weighted by molar-refractivity contribution is -0.115. The number of carbonyl (C=O) groups excluding carboxylic acids is 1. The van der Waals surface area contributed by atoms with Crippen LogP contribution in [0.5, 0.6) is 5.75 Å². The monoisotopic (exact) mass is 356 g/mol. The largest absolute Gasteiger partial charge is 0.495 e. The summed E-state index contributed by atoms with van der Waals surface area (Å²) in [7, 11) is 1.49. The van der Waals surface area contributed by atoms with Gasteiger partial charge in [0.25, 0.3) is 5.56 Å². The highest BCUT2D eigenvalue weighted by Crippen LogP contribution is 2.27. The van der Waals surface area contributed by atoms with Crippen molar-refractivity contribution in [3.05, 3.63) is 44.1 Å². The van der Waals surface area contributed by atoms with E-state index < -0.39 is 16.5 Å². The van der Waals surface area contributed by atoms with Gasteiger partial charge in [-0.1, -0.05) is 23.4 Å². The number of nitrogens with zero attached hydrogens (tertiary/aromatic N) is 1. The fraction of sp³-hybridized carbons (Fsp3) is 0.231. The topological polar surface area (TPSA) is 117 Å². The summed E-state index contributed by atoms with van der Waals surface area (Å²) in [5.74, 6) is 0.152. The molecule has 0 aliphatic rings. The van der Waals surface area contributed by atoms with Gasteiger partial charge in [-0.25, -0.2) is 9.89 Å². The third kappa shape index (κ3) is 4.36. The zero-order chi connectivity index (χ0) is 17.0. The van der Waals surface area contributed by atoms with Crippen LogP contribution in [0.15, 0.2) is 32.8 Å². The molecule has 1 amide bonds. The van der Waals surface area contributed by atoms with Crippen LogP contribution >= 0.6 is 23.4 Å². The van der Waals surface area contributed by atoms with Crippen LogP contribution in [0.3, 0.4) is 0 Å². The lowest BCUT2D eigenvalue weighted by Gasteiger charge is -2.12. The Bertz CT molecular complexity index is 835. The molecule has 2 rings (SSSR count). The first kappa shape index (κ1) is 17.1. The average molecular weight is 357 g/mol. The van der Waals surface area contributed by atoms with E-state index in [1.807, 2.05) is 4.98 Å². The minimum atomic E-state index is -0.704. The van der Waals surface area contributed by atoms with Gasteiger partial charge in [0.2, 0.25) is 5.91 Å². The second-order valence-electron chi connectivity index (χ2n) is 4.41. The number of aromatic amines is 2. The molecule has 0 bridgehead atoms. The van der Waals surface area contributed by atoms with E-state index in [4.69, 9.17) is 16.3 Å². The van der Waals surface area contributed by atoms with Gasteiger partial charge < -0.3 is 10.1 Å². The zero-order valence-corrected chi connectivity index (χ0v) is 13.7. The molecule has 1 aromatic carbocycles. The van der Waals surface area contributed by atoms with Crippen LogP contribution in [0.4, 0.5) is 5.69 Å². The molecule has 1 aromatic heterocycles. The molecule has 0 spiro atoms. The number of ether oxygens (including phenoxy) is 1. The molecule has 8 nitrogen and oxygen atoms in total. The maximum absolute atomic E-state index is 12.1. The van der Waals surface area contributed by atoms with Gasteiger partial charge in [-0.15, -0.1) is 0 Å². The molecule has 122 valence electrons. The van der Waals surface area contributed by atoms with Crippen molar-refractivity contribution in [3.8, 4) is 5.75 Å². The van der Waals surface area contributed by atoms with Crippen molar-refractivity contribution in [1.82, 2.24) is 15.2 Å². The van der Waals surface area contributed by atoms with Crippen LogP contribution in [-0.4, -0.2) is 33.4 Å². The predicted molar refractivity (Wildman–Crippen MR) is 87.4 cm³/mol. The van der Waals surface area contributed by atoms with E-state index >= 15 is 0 Å². The number of thioether (sulfide) groups is 1. The maximum Gasteiger partial charge on any atom is 0.342 e. The molecule has 0 saturated heterocycles. The zero-order valence-electron chi connectivity index (χ0n) is 12.2. The first-order chi connectivity index (χ1) is 10.9. The number of methoxy groups -OCH3 is 1. The van der Waals surface area contributed by atoms with E-state index in [0.717, 1.165) is 11.8 Å². The van der Waals surface area contributed by atoms with Crippen LogP contribution < -0.4 is 21.3 Å². The van der Waals surface area contributed by atoms with Crippen LogP contribution in [0.2, 0.25) is 5.02 Å². The Morgan fingerprint density at radius 2 is 2.17 bits per heavy atom. The number of amides is 1. The molecule has 2 aromatic rings. The number of aromatic nitrogens is 3. The Morgan fingerprint density at radius 3 is 2.78 bits per heavy atom. The molecule has 1 heterocycles. The molecule has 0 radical (unpaired) electrons. The Hall–Kier alpha value is -2.26. The molecule has 0 fully saturated rings. The van der Waals surface area contributed by atoms with Gasteiger partial charge in [-0.3, -0.25) is 14.6 Å². The van der Waals surface area contributed by atoms with E-state index in [0.29, 0.717) is 16.5 Å². The summed E-state index contributed by atoms with van der Waals surface area (Å²) >= 11 is 6.91. The van der Waals surface area contributed by atoms with E-state index in [1.165, 1.54) is 7.11 Å². The summed E-state index contributed by atoms with van der Waals surface area (Å²) in [6.07, 6.45) is 0. The van der Waals surface area contributed by atoms with E-state index in [-0.39, 0.29) is 10.9 Å². The summed E-state index contributed by atoms with van der Waals surface area (Å²) < 4.78 is 5.03. The number of carbonyl (C=O) groups is 1. The molecule has 1 unspecified atom stereocenters. The number of halogens is 1. The van der Waals surface area contributed by atoms with Gasteiger partial charge in [0.15, 0.2) is 5.03 Å². The van der Waals surface area contributed by atoms with Gasteiger partial charge >= 0.3 is 5.69 Å². The van der Waals surface area contributed by atoms with Crippen LogP contribution in [0.1, 0.15) is 6.92 Å². The minimum Gasteiger partial charge on any atom is -0.495 e. The lowest BCUT2D eigenvalue weighted by Crippen LogP contribution is -2.28. The first-order valence-electron chi connectivity index (χ1n) is 6.40. The summed E-state index contributed by atoms with van der Waals surface area (Å²) in [4.78, 5) is 36.6. The molecule has 1 atom stereocenters. The van der Waals surface area contributed by atoms with E-state index in [2.05, 4.69) is 15.5 Å². The lowest BCUT2D eigenvalue weighted by atomic mass is 10.3. The van der Waals surface area contributed by atoms with Crippen molar-refractivity contribution in [2.75, 3.05) is 12.4 Å². The quantitative estimate of drug-likeness (QED) is 0.694. The number of rotatable bonds is 5. The SMILES string of the molecule is COc1ccc(NC(=O)C(C)Sc2n[nH]c(=O)[nH]c2=O)cc1Cl. The second kappa shape index (κ2) is 7.34. The highest BCUT2D eigenvalue weighted by Gasteiger charge is 2.18. The Morgan fingerprint density at radius 1 is 1.43 bits per heavy atom. The number of H-pyrrole nitrogens is 2. The van der Waals surface area contributed by atoms with Crippen LogP contribution in [-0.2, 0) is 4.79 Å². The maximum atomic E-state index is 12.1. The van der Waals surface area contributed by atoms with Crippen LogP contribution in [0.25, 0.3) is 0 Å². The van der Waals surface area contributed by atoms with Crippen molar-refractivity contribution in [1.29, 1.82) is 0 Å². The van der Waals surface area contributed by atoms with Gasteiger partial charge in [0.05, 0.1) is 17.4 Å². The fourth-order valence-electron chi connectivity index (χ4n) is 1.63. The summed E-state index contributed by atoms with van der Waals surface area (Å²) in [6.45, 7) is 1.61. The number of hydrogen-bond acceptors (Lipinski definition) is 6. The molecule has 0 saturated carbocycles. The standard InChI is InChI=1S/C13H13ClN4O4S/c1-6(23-12-11(20)16-13(21)18-17-12)10(19)15-7-3-4-9(22-2)8(14)5-7/h3-6H,1-2H3,(H,15,19)(H2,16,18,20,21). The van der Waals surface area contributed by atoms with Crippen LogP contribution in [0, 0.1) is 0 Å². The number of benzene rings is 1. The third-order valence-corrected chi connectivity index (χ3v) is 4.12. The second-order valence-corrected chi connectivity index (χ2v) is 6.15. The highest BCUT2D eigenvalue weighted by atomic mass is 35.5. The number of nitrogens with one attached hydrogen (secondary N) is 3. The molecule has 23 heavy (non-hydrogen) atoms.